The Morgan fingerprint density at radius 2 is 1.83 bits per heavy atom. The molecule has 2 heterocycles. The molecule has 2 rings (SSSR count). The fourth-order valence-corrected chi connectivity index (χ4v) is 2.76. The van der Waals surface area contributed by atoms with Crippen LogP contribution in [-0.4, -0.2) is 17.7 Å². The lowest BCUT2D eigenvalue weighted by molar-refractivity contribution is 0.584. The summed E-state index contributed by atoms with van der Waals surface area (Å²) in [4.78, 5) is 2.35. The van der Waals surface area contributed by atoms with Crippen molar-refractivity contribution in [2.24, 2.45) is 0 Å². The molecule has 4 nitrogen and oxygen atoms in total. The highest BCUT2D eigenvalue weighted by atomic mass is 15.3. The highest BCUT2D eigenvalue weighted by Crippen LogP contribution is 2.32. The van der Waals surface area contributed by atoms with Gasteiger partial charge in [-0.1, -0.05) is 12.8 Å². The van der Waals surface area contributed by atoms with Crippen LogP contribution in [0.4, 0.5) is 11.5 Å². The molecule has 0 aliphatic carbocycles. The molecule has 0 amide bonds. The van der Waals surface area contributed by atoms with Crippen LogP contribution in [0.2, 0.25) is 0 Å². The normalized spacial score (nSPS) is 16.7. The monoisotopic (exact) mass is 246 g/mol. The van der Waals surface area contributed by atoms with Gasteiger partial charge in [0.05, 0.1) is 5.69 Å². The van der Waals surface area contributed by atoms with Crippen LogP contribution in [0.3, 0.4) is 0 Å². The molecule has 1 fully saturated rings. The first-order valence-electron chi connectivity index (χ1n) is 6.81. The molecular formula is C14H22N4. The van der Waals surface area contributed by atoms with Crippen LogP contribution in [0.15, 0.2) is 6.07 Å². The van der Waals surface area contributed by atoms with Crippen molar-refractivity contribution in [2.75, 3.05) is 23.7 Å². The van der Waals surface area contributed by atoms with E-state index in [1.807, 2.05) is 0 Å². The molecule has 0 radical (unpaired) electrons. The molecule has 1 aliphatic heterocycles. The zero-order chi connectivity index (χ0) is 13.1. The van der Waals surface area contributed by atoms with Crippen molar-refractivity contribution in [1.82, 2.24) is 4.57 Å². The van der Waals surface area contributed by atoms with Crippen molar-refractivity contribution in [3.05, 3.63) is 11.8 Å². The molecule has 1 aliphatic rings. The SMILES string of the molecule is CC(C)n1c(C#N)cc(N)c1N1CCCCCC1. The zero-order valence-corrected chi connectivity index (χ0v) is 11.3. The van der Waals surface area contributed by atoms with Gasteiger partial charge in [-0.15, -0.1) is 0 Å². The average Bonchev–Trinajstić information content (AvgIpc) is 2.53. The van der Waals surface area contributed by atoms with Gasteiger partial charge in [0.2, 0.25) is 0 Å². The Bertz CT molecular complexity index is 445. The predicted octanol–water partition coefficient (Wildman–Crippen LogP) is 2.90. The van der Waals surface area contributed by atoms with E-state index < -0.39 is 0 Å². The van der Waals surface area contributed by atoms with E-state index in [9.17, 15) is 5.26 Å². The quantitative estimate of drug-likeness (QED) is 0.873. The Hall–Kier alpha value is -1.63. The van der Waals surface area contributed by atoms with Crippen LogP contribution < -0.4 is 10.6 Å². The number of nitriles is 1. The van der Waals surface area contributed by atoms with Crippen molar-refractivity contribution < 1.29 is 0 Å². The molecule has 1 aromatic heterocycles. The lowest BCUT2D eigenvalue weighted by Gasteiger charge is -2.27. The third kappa shape index (κ3) is 2.31. The molecular weight excluding hydrogens is 224 g/mol. The molecule has 1 saturated heterocycles. The number of nitrogens with two attached hydrogens (primary N) is 1. The number of nitrogen functional groups attached to an aromatic ring is 1. The van der Waals surface area contributed by atoms with Crippen LogP contribution in [-0.2, 0) is 0 Å². The van der Waals surface area contributed by atoms with Gasteiger partial charge >= 0.3 is 0 Å². The maximum Gasteiger partial charge on any atom is 0.133 e. The molecule has 0 aromatic carbocycles. The minimum absolute atomic E-state index is 0.259. The van der Waals surface area contributed by atoms with E-state index in [4.69, 9.17) is 5.73 Å². The molecule has 0 atom stereocenters. The highest BCUT2D eigenvalue weighted by Gasteiger charge is 2.21. The van der Waals surface area contributed by atoms with Gasteiger partial charge in [0.25, 0.3) is 0 Å². The van der Waals surface area contributed by atoms with Gasteiger partial charge in [0.15, 0.2) is 0 Å². The van der Waals surface area contributed by atoms with E-state index in [1.165, 1.54) is 25.7 Å². The third-order valence-corrected chi connectivity index (χ3v) is 3.57. The number of anilines is 2. The summed E-state index contributed by atoms with van der Waals surface area (Å²) in [5.74, 6) is 1.04. The Morgan fingerprint density at radius 3 is 2.33 bits per heavy atom. The standard InChI is InChI=1S/C14H22N4/c1-11(2)18-12(10-15)9-13(16)14(18)17-7-5-3-4-6-8-17/h9,11H,3-8,16H2,1-2H3. The second-order valence-electron chi connectivity index (χ2n) is 5.29. The number of aromatic nitrogens is 1. The van der Waals surface area contributed by atoms with Gasteiger partial charge in [0, 0.05) is 19.1 Å². The first-order valence-corrected chi connectivity index (χ1v) is 6.81. The second kappa shape index (κ2) is 5.34. The van der Waals surface area contributed by atoms with E-state index in [0.29, 0.717) is 5.69 Å². The van der Waals surface area contributed by atoms with Gasteiger partial charge in [-0.3, -0.25) is 0 Å². The highest BCUT2D eigenvalue weighted by molar-refractivity contribution is 5.68. The number of rotatable bonds is 2. The molecule has 0 unspecified atom stereocenters. The van der Waals surface area contributed by atoms with Crippen molar-refractivity contribution in [3.8, 4) is 6.07 Å². The Labute approximate surface area is 109 Å². The van der Waals surface area contributed by atoms with E-state index in [0.717, 1.165) is 24.6 Å². The van der Waals surface area contributed by atoms with Crippen LogP contribution in [0.25, 0.3) is 0 Å². The summed E-state index contributed by atoms with van der Waals surface area (Å²) < 4.78 is 2.07. The minimum atomic E-state index is 0.259. The molecule has 2 N–H and O–H groups in total. The van der Waals surface area contributed by atoms with Gasteiger partial charge in [-0.2, -0.15) is 5.26 Å². The first-order chi connectivity index (χ1) is 8.65. The van der Waals surface area contributed by atoms with Gasteiger partial charge in [0.1, 0.15) is 17.6 Å². The van der Waals surface area contributed by atoms with Crippen molar-refractivity contribution >= 4 is 11.5 Å². The predicted molar refractivity (Wildman–Crippen MR) is 74.6 cm³/mol. The Balaban J connectivity index is 2.42. The van der Waals surface area contributed by atoms with E-state index in [-0.39, 0.29) is 6.04 Å². The third-order valence-electron chi connectivity index (χ3n) is 3.57. The van der Waals surface area contributed by atoms with Crippen molar-refractivity contribution in [1.29, 1.82) is 5.26 Å². The van der Waals surface area contributed by atoms with Crippen LogP contribution in [0.1, 0.15) is 51.3 Å². The molecule has 18 heavy (non-hydrogen) atoms. The summed E-state index contributed by atoms with van der Waals surface area (Å²) in [6, 6.07) is 4.31. The van der Waals surface area contributed by atoms with Gasteiger partial charge in [-0.05, 0) is 32.8 Å². The maximum absolute atomic E-state index is 9.21. The van der Waals surface area contributed by atoms with Gasteiger partial charge in [-0.25, -0.2) is 0 Å². The lowest BCUT2D eigenvalue weighted by atomic mass is 10.2. The number of hydrogen-bond acceptors (Lipinski definition) is 3. The fraction of sp³-hybridized carbons (Fsp3) is 0.643. The molecule has 0 spiro atoms. The summed E-state index contributed by atoms with van der Waals surface area (Å²) in [6.45, 7) is 6.29. The molecule has 0 bridgehead atoms. The zero-order valence-electron chi connectivity index (χ0n) is 11.3. The molecule has 1 aromatic rings. The summed E-state index contributed by atoms with van der Waals surface area (Å²) >= 11 is 0. The Kier molecular flexibility index (Phi) is 3.81. The Morgan fingerprint density at radius 1 is 1.22 bits per heavy atom. The van der Waals surface area contributed by atoms with E-state index in [2.05, 4.69) is 29.4 Å². The van der Waals surface area contributed by atoms with Crippen molar-refractivity contribution in [2.45, 2.75) is 45.6 Å². The summed E-state index contributed by atoms with van der Waals surface area (Å²) in [7, 11) is 0. The lowest BCUT2D eigenvalue weighted by Crippen LogP contribution is -2.28. The molecule has 4 heteroatoms. The second-order valence-corrected chi connectivity index (χ2v) is 5.29. The van der Waals surface area contributed by atoms with Gasteiger partial charge < -0.3 is 15.2 Å². The van der Waals surface area contributed by atoms with Crippen molar-refractivity contribution in [3.63, 3.8) is 0 Å². The largest absolute Gasteiger partial charge is 0.396 e. The summed E-state index contributed by atoms with van der Waals surface area (Å²) in [6.07, 6.45) is 5.02. The minimum Gasteiger partial charge on any atom is -0.396 e. The van der Waals surface area contributed by atoms with Crippen LogP contribution in [0.5, 0.6) is 0 Å². The number of nitrogens with zero attached hydrogens (tertiary/aromatic N) is 3. The fourth-order valence-electron chi connectivity index (χ4n) is 2.76. The van der Waals surface area contributed by atoms with Crippen LogP contribution in [0, 0.1) is 11.3 Å². The first kappa shape index (κ1) is 12.8. The smallest absolute Gasteiger partial charge is 0.133 e. The molecule has 0 saturated carbocycles. The average molecular weight is 246 g/mol. The maximum atomic E-state index is 9.21. The number of hydrogen-bond donors (Lipinski definition) is 1. The topological polar surface area (TPSA) is 58.0 Å². The van der Waals surface area contributed by atoms with E-state index >= 15 is 0 Å². The molecule has 98 valence electrons. The van der Waals surface area contributed by atoms with E-state index in [1.54, 1.807) is 6.07 Å². The van der Waals surface area contributed by atoms with Crippen LogP contribution >= 0.6 is 0 Å². The summed E-state index contributed by atoms with van der Waals surface area (Å²) in [5.41, 5.74) is 7.53. The summed E-state index contributed by atoms with van der Waals surface area (Å²) in [5, 5.41) is 9.21.